The standard InChI is InChI=1S/C28H59N/c1-5-7-9-11-13-15-17-19-21-23-25-27(28(3,4)29)26-24-22-20-18-16-14-12-10-8-6-2/h27H,5-26,29H2,1-4H3/p+1. The third-order valence-corrected chi connectivity index (χ3v) is 6.92. The van der Waals surface area contributed by atoms with Gasteiger partial charge in [0.05, 0.1) is 5.54 Å². The lowest BCUT2D eigenvalue weighted by Gasteiger charge is -2.27. The van der Waals surface area contributed by atoms with E-state index in [-0.39, 0.29) is 5.54 Å². The zero-order valence-corrected chi connectivity index (χ0v) is 21.3. The van der Waals surface area contributed by atoms with Gasteiger partial charge in [-0.3, -0.25) is 0 Å². The fourth-order valence-electron chi connectivity index (χ4n) is 4.68. The van der Waals surface area contributed by atoms with E-state index >= 15 is 0 Å². The van der Waals surface area contributed by atoms with Crippen LogP contribution in [0.5, 0.6) is 0 Å². The quantitative estimate of drug-likeness (QED) is 0.162. The highest BCUT2D eigenvalue weighted by atomic mass is 14.7. The predicted molar refractivity (Wildman–Crippen MR) is 133 cm³/mol. The van der Waals surface area contributed by atoms with E-state index in [9.17, 15) is 0 Å². The molecule has 0 radical (unpaired) electrons. The molecule has 0 aliphatic heterocycles. The van der Waals surface area contributed by atoms with Crippen LogP contribution in [0.25, 0.3) is 0 Å². The number of hydrogen-bond donors (Lipinski definition) is 1. The second kappa shape index (κ2) is 21.2. The molecular weight excluding hydrogens is 350 g/mol. The Labute approximate surface area is 186 Å². The van der Waals surface area contributed by atoms with Gasteiger partial charge in [0.1, 0.15) is 0 Å². The molecule has 0 aromatic rings. The molecule has 0 heterocycles. The second-order valence-electron chi connectivity index (χ2n) is 10.6. The van der Waals surface area contributed by atoms with Crippen LogP contribution in [0.3, 0.4) is 0 Å². The molecule has 0 aromatic heterocycles. The van der Waals surface area contributed by atoms with Gasteiger partial charge in [0.2, 0.25) is 0 Å². The van der Waals surface area contributed by atoms with Crippen molar-refractivity contribution in [2.75, 3.05) is 0 Å². The van der Waals surface area contributed by atoms with Crippen LogP contribution in [0.2, 0.25) is 0 Å². The fraction of sp³-hybridized carbons (Fsp3) is 1.00. The van der Waals surface area contributed by atoms with E-state index in [2.05, 4.69) is 33.4 Å². The first-order valence-corrected chi connectivity index (χ1v) is 13.9. The molecule has 3 N–H and O–H groups in total. The zero-order chi connectivity index (χ0) is 21.6. The number of unbranched alkanes of at least 4 members (excludes halogenated alkanes) is 18. The minimum absolute atomic E-state index is 0.249. The summed E-state index contributed by atoms with van der Waals surface area (Å²) in [6.45, 7) is 9.34. The van der Waals surface area contributed by atoms with E-state index in [1.807, 2.05) is 0 Å². The maximum Gasteiger partial charge on any atom is 0.0917 e. The third kappa shape index (κ3) is 21.0. The molecule has 0 bridgehead atoms. The van der Waals surface area contributed by atoms with Gasteiger partial charge in [0.15, 0.2) is 0 Å². The van der Waals surface area contributed by atoms with Crippen LogP contribution >= 0.6 is 0 Å². The number of rotatable bonds is 23. The highest BCUT2D eigenvalue weighted by Crippen LogP contribution is 2.26. The molecule has 0 amide bonds. The molecule has 0 saturated heterocycles. The summed E-state index contributed by atoms with van der Waals surface area (Å²) in [7, 11) is 0. The van der Waals surface area contributed by atoms with Gasteiger partial charge >= 0.3 is 0 Å². The molecule has 0 saturated carbocycles. The van der Waals surface area contributed by atoms with Gasteiger partial charge in [0, 0.05) is 5.92 Å². The largest absolute Gasteiger partial charge is 0.353 e. The topological polar surface area (TPSA) is 27.6 Å². The molecule has 0 aliphatic rings. The van der Waals surface area contributed by atoms with Crippen molar-refractivity contribution in [2.45, 2.75) is 174 Å². The predicted octanol–water partition coefficient (Wildman–Crippen LogP) is 9.25. The Bertz CT molecular complexity index is 280. The van der Waals surface area contributed by atoms with Gasteiger partial charge in [-0.05, 0) is 26.7 Å². The molecule has 0 rings (SSSR count). The molecule has 0 aliphatic carbocycles. The van der Waals surface area contributed by atoms with E-state index in [1.165, 1.54) is 141 Å². The van der Waals surface area contributed by atoms with Gasteiger partial charge in [-0.2, -0.15) is 0 Å². The van der Waals surface area contributed by atoms with Crippen molar-refractivity contribution in [1.29, 1.82) is 0 Å². The van der Waals surface area contributed by atoms with E-state index in [4.69, 9.17) is 0 Å². The molecule has 0 atom stereocenters. The minimum Gasteiger partial charge on any atom is -0.353 e. The van der Waals surface area contributed by atoms with Crippen LogP contribution in [0.1, 0.15) is 169 Å². The van der Waals surface area contributed by atoms with E-state index in [1.54, 1.807) is 0 Å². The SMILES string of the molecule is CCCCCCCCCCCCC(CCCCCCCCCCCC)C(C)(C)[NH3+]. The Balaban J connectivity index is 3.61. The Kier molecular flexibility index (Phi) is 21.2. The summed E-state index contributed by atoms with van der Waals surface area (Å²) in [5.41, 5.74) is 4.75. The normalized spacial score (nSPS) is 12.2. The molecule has 1 nitrogen and oxygen atoms in total. The Morgan fingerprint density at radius 1 is 0.448 bits per heavy atom. The molecule has 0 fully saturated rings. The molecule has 0 unspecified atom stereocenters. The van der Waals surface area contributed by atoms with Crippen LogP contribution in [0, 0.1) is 5.92 Å². The molecule has 29 heavy (non-hydrogen) atoms. The summed E-state index contributed by atoms with van der Waals surface area (Å²) < 4.78 is 0. The van der Waals surface area contributed by atoms with Crippen molar-refractivity contribution in [3.05, 3.63) is 0 Å². The monoisotopic (exact) mass is 410 g/mol. The number of quaternary nitrogens is 1. The van der Waals surface area contributed by atoms with Crippen molar-refractivity contribution < 1.29 is 5.73 Å². The summed E-state index contributed by atoms with van der Waals surface area (Å²) in [6, 6.07) is 0. The van der Waals surface area contributed by atoms with Crippen molar-refractivity contribution >= 4 is 0 Å². The summed E-state index contributed by atoms with van der Waals surface area (Å²) in [5.74, 6) is 0.825. The fourth-order valence-corrected chi connectivity index (χ4v) is 4.68. The molecule has 176 valence electrons. The lowest BCUT2D eigenvalue weighted by atomic mass is 9.80. The van der Waals surface area contributed by atoms with Crippen molar-refractivity contribution in [3.63, 3.8) is 0 Å². The lowest BCUT2D eigenvalue weighted by molar-refractivity contribution is -0.481. The molecule has 0 aromatic carbocycles. The highest BCUT2D eigenvalue weighted by molar-refractivity contribution is 4.76. The van der Waals surface area contributed by atoms with E-state index in [0.29, 0.717) is 0 Å². The van der Waals surface area contributed by atoms with Gasteiger partial charge in [-0.1, -0.05) is 142 Å². The Hall–Kier alpha value is -0.0400. The third-order valence-electron chi connectivity index (χ3n) is 6.92. The van der Waals surface area contributed by atoms with Gasteiger partial charge in [-0.15, -0.1) is 0 Å². The summed E-state index contributed by atoms with van der Waals surface area (Å²) in [6.07, 6.45) is 31.7. The Morgan fingerprint density at radius 2 is 0.690 bits per heavy atom. The second-order valence-corrected chi connectivity index (χ2v) is 10.6. The zero-order valence-electron chi connectivity index (χ0n) is 21.3. The molecular formula is C28H60N+. The van der Waals surface area contributed by atoms with Crippen molar-refractivity contribution in [1.82, 2.24) is 0 Å². The van der Waals surface area contributed by atoms with Crippen LogP contribution < -0.4 is 5.73 Å². The molecule has 1 heteroatoms. The van der Waals surface area contributed by atoms with Crippen LogP contribution in [-0.4, -0.2) is 5.54 Å². The van der Waals surface area contributed by atoms with Crippen LogP contribution in [0.4, 0.5) is 0 Å². The molecule has 0 spiro atoms. The first kappa shape index (κ1) is 29.0. The van der Waals surface area contributed by atoms with Crippen molar-refractivity contribution in [3.8, 4) is 0 Å². The summed E-state index contributed by atoms with van der Waals surface area (Å²) >= 11 is 0. The average molecular weight is 411 g/mol. The first-order chi connectivity index (χ1) is 14.0. The van der Waals surface area contributed by atoms with E-state index < -0.39 is 0 Å². The average Bonchev–Trinajstić information content (AvgIpc) is 2.68. The Morgan fingerprint density at radius 3 is 0.931 bits per heavy atom. The van der Waals surface area contributed by atoms with E-state index in [0.717, 1.165) is 5.92 Å². The van der Waals surface area contributed by atoms with Crippen molar-refractivity contribution in [2.24, 2.45) is 5.92 Å². The number of hydrogen-bond acceptors (Lipinski definition) is 0. The van der Waals surface area contributed by atoms with Gasteiger partial charge in [-0.25, -0.2) is 0 Å². The van der Waals surface area contributed by atoms with Crippen LogP contribution in [-0.2, 0) is 0 Å². The van der Waals surface area contributed by atoms with Crippen LogP contribution in [0.15, 0.2) is 0 Å². The van der Waals surface area contributed by atoms with Gasteiger partial charge < -0.3 is 5.73 Å². The maximum absolute atomic E-state index is 4.50. The highest BCUT2D eigenvalue weighted by Gasteiger charge is 2.27. The summed E-state index contributed by atoms with van der Waals surface area (Å²) in [5, 5.41) is 0. The minimum atomic E-state index is 0.249. The maximum atomic E-state index is 4.50. The lowest BCUT2D eigenvalue weighted by Crippen LogP contribution is -2.72. The smallest absolute Gasteiger partial charge is 0.0917 e. The first-order valence-electron chi connectivity index (χ1n) is 13.9. The summed E-state index contributed by atoms with van der Waals surface area (Å²) in [4.78, 5) is 0. The van der Waals surface area contributed by atoms with Gasteiger partial charge in [0.25, 0.3) is 0 Å².